The molecule has 54 valence electrons. The molecule has 0 radical (unpaired) electrons. The summed E-state index contributed by atoms with van der Waals surface area (Å²) in [5.41, 5.74) is 16.0. The normalized spacial score (nSPS) is 9.70. The Morgan fingerprint density at radius 2 is 1.40 bits per heavy atom. The van der Waals surface area contributed by atoms with Crippen LogP contribution in [-0.4, -0.2) is 9.97 Å². The smallest absolute Gasteiger partial charge is 0.226 e. The molecule has 0 aliphatic carbocycles. The molecular formula is C4H6ClN5. The number of hydrogen-bond acceptors (Lipinski definition) is 5. The summed E-state index contributed by atoms with van der Waals surface area (Å²) in [6.07, 6.45) is 0. The third kappa shape index (κ3) is 1.03. The quantitative estimate of drug-likeness (QED) is 0.458. The first-order valence-electron chi connectivity index (χ1n) is 2.45. The van der Waals surface area contributed by atoms with Gasteiger partial charge in [-0.25, -0.2) is 0 Å². The number of nitrogens with two attached hydrogens (primary N) is 3. The third-order valence-corrected chi connectivity index (χ3v) is 1.15. The summed E-state index contributed by atoms with van der Waals surface area (Å²) < 4.78 is 0. The molecule has 0 amide bonds. The topological polar surface area (TPSA) is 104 Å². The largest absolute Gasteiger partial charge is 0.393 e. The van der Waals surface area contributed by atoms with Gasteiger partial charge in [0.15, 0.2) is 11.6 Å². The van der Waals surface area contributed by atoms with Crippen molar-refractivity contribution in [1.29, 1.82) is 0 Å². The van der Waals surface area contributed by atoms with Crippen molar-refractivity contribution in [3.63, 3.8) is 0 Å². The summed E-state index contributed by atoms with van der Waals surface area (Å²) in [5.74, 6) is 0.218. The summed E-state index contributed by atoms with van der Waals surface area (Å²) >= 11 is 5.38. The average molecular weight is 160 g/mol. The van der Waals surface area contributed by atoms with E-state index in [1.807, 2.05) is 0 Å². The predicted octanol–water partition coefficient (Wildman–Crippen LogP) is -0.123. The molecule has 1 aromatic heterocycles. The zero-order valence-electron chi connectivity index (χ0n) is 5.00. The standard InChI is InChI=1S/C4H6ClN5/c5-4-9-2(7)1(6)3(8)10-4/h6H2,(H4,7,8,9,10). The highest BCUT2D eigenvalue weighted by molar-refractivity contribution is 6.28. The van der Waals surface area contributed by atoms with Crippen LogP contribution in [0.3, 0.4) is 0 Å². The Morgan fingerprint density at radius 3 is 1.80 bits per heavy atom. The summed E-state index contributed by atoms with van der Waals surface area (Å²) in [7, 11) is 0. The maximum Gasteiger partial charge on any atom is 0.226 e. The number of nitrogens with zero attached hydrogens (tertiary/aromatic N) is 2. The van der Waals surface area contributed by atoms with Crippen LogP contribution in [-0.2, 0) is 0 Å². The molecule has 1 heterocycles. The molecule has 0 atom stereocenters. The van der Waals surface area contributed by atoms with Crippen molar-refractivity contribution in [2.75, 3.05) is 17.2 Å². The Bertz CT molecular complexity index is 237. The minimum absolute atomic E-state index is 0.00389. The molecule has 10 heavy (non-hydrogen) atoms. The van der Waals surface area contributed by atoms with E-state index < -0.39 is 0 Å². The first kappa shape index (κ1) is 6.88. The Kier molecular flexibility index (Phi) is 1.50. The molecule has 0 aliphatic rings. The minimum atomic E-state index is 0.00389. The lowest BCUT2D eigenvalue weighted by Gasteiger charge is -2.00. The number of halogens is 1. The van der Waals surface area contributed by atoms with Crippen LogP contribution >= 0.6 is 11.6 Å². The van der Waals surface area contributed by atoms with E-state index in [4.69, 9.17) is 28.8 Å². The molecule has 6 heteroatoms. The molecule has 1 rings (SSSR count). The van der Waals surface area contributed by atoms with Crippen LogP contribution in [0, 0.1) is 0 Å². The maximum absolute atomic E-state index is 5.38. The molecule has 0 spiro atoms. The molecule has 1 aromatic rings. The van der Waals surface area contributed by atoms with Crippen LogP contribution in [0.15, 0.2) is 0 Å². The second-order valence-corrected chi connectivity index (χ2v) is 2.01. The van der Waals surface area contributed by atoms with Gasteiger partial charge in [0.05, 0.1) is 0 Å². The second-order valence-electron chi connectivity index (χ2n) is 1.68. The van der Waals surface area contributed by atoms with Crippen LogP contribution in [0.4, 0.5) is 17.3 Å². The Balaban J connectivity index is 3.31. The Hall–Kier alpha value is -1.23. The van der Waals surface area contributed by atoms with E-state index in [2.05, 4.69) is 9.97 Å². The van der Waals surface area contributed by atoms with Crippen LogP contribution in [0.1, 0.15) is 0 Å². The van der Waals surface area contributed by atoms with E-state index in [0.717, 1.165) is 0 Å². The van der Waals surface area contributed by atoms with Gasteiger partial charge in [-0.15, -0.1) is 0 Å². The summed E-state index contributed by atoms with van der Waals surface area (Å²) in [5, 5.41) is 0.00389. The minimum Gasteiger partial charge on any atom is -0.393 e. The number of rotatable bonds is 0. The van der Waals surface area contributed by atoms with E-state index in [-0.39, 0.29) is 22.6 Å². The van der Waals surface area contributed by atoms with Crippen molar-refractivity contribution in [1.82, 2.24) is 9.97 Å². The summed E-state index contributed by atoms with van der Waals surface area (Å²) in [6, 6.07) is 0. The fourth-order valence-corrected chi connectivity index (χ4v) is 0.658. The number of aromatic nitrogens is 2. The lowest BCUT2D eigenvalue weighted by Crippen LogP contribution is -2.04. The fourth-order valence-electron chi connectivity index (χ4n) is 0.475. The van der Waals surface area contributed by atoms with Crippen LogP contribution < -0.4 is 17.2 Å². The molecule has 0 bridgehead atoms. The highest BCUT2D eigenvalue weighted by atomic mass is 35.5. The highest BCUT2D eigenvalue weighted by Gasteiger charge is 2.03. The van der Waals surface area contributed by atoms with Crippen molar-refractivity contribution >= 4 is 28.9 Å². The van der Waals surface area contributed by atoms with Gasteiger partial charge < -0.3 is 17.2 Å². The van der Waals surface area contributed by atoms with Gasteiger partial charge in [-0.1, -0.05) is 0 Å². The lowest BCUT2D eigenvalue weighted by molar-refractivity contribution is 1.19. The van der Waals surface area contributed by atoms with Gasteiger partial charge in [-0.05, 0) is 11.6 Å². The molecule has 6 N–H and O–H groups in total. The second kappa shape index (κ2) is 2.18. The van der Waals surface area contributed by atoms with Crippen molar-refractivity contribution in [3.05, 3.63) is 5.28 Å². The molecule has 0 unspecified atom stereocenters. The molecule has 0 aromatic carbocycles. The van der Waals surface area contributed by atoms with Gasteiger partial charge in [0.1, 0.15) is 5.69 Å². The van der Waals surface area contributed by atoms with Crippen molar-refractivity contribution in [2.24, 2.45) is 0 Å². The van der Waals surface area contributed by atoms with Gasteiger partial charge in [-0.2, -0.15) is 9.97 Å². The van der Waals surface area contributed by atoms with Gasteiger partial charge in [0, 0.05) is 0 Å². The molecule has 0 saturated heterocycles. The number of nitrogen functional groups attached to an aromatic ring is 3. The van der Waals surface area contributed by atoms with E-state index in [9.17, 15) is 0 Å². The number of anilines is 3. The van der Waals surface area contributed by atoms with E-state index in [0.29, 0.717) is 0 Å². The van der Waals surface area contributed by atoms with Crippen LogP contribution in [0.5, 0.6) is 0 Å². The van der Waals surface area contributed by atoms with Crippen molar-refractivity contribution in [3.8, 4) is 0 Å². The number of hydrogen-bond donors (Lipinski definition) is 3. The Morgan fingerprint density at radius 1 is 1.00 bits per heavy atom. The van der Waals surface area contributed by atoms with Crippen LogP contribution in [0.25, 0.3) is 0 Å². The summed E-state index contributed by atoms with van der Waals surface area (Å²) in [6.45, 7) is 0. The molecule has 0 aliphatic heterocycles. The lowest BCUT2D eigenvalue weighted by atomic mass is 10.4. The monoisotopic (exact) mass is 159 g/mol. The third-order valence-electron chi connectivity index (χ3n) is 0.977. The van der Waals surface area contributed by atoms with E-state index >= 15 is 0 Å². The maximum atomic E-state index is 5.38. The molecular weight excluding hydrogens is 154 g/mol. The molecule has 0 saturated carbocycles. The van der Waals surface area contributed by atoms with Crippen molar-refractivity contribution < 1.29 is 0 Å². The highest BCUT2D eigenvalue weighted by Crippen LogP contribution is 2.19. The molecule has 5 nitrogen and oxygen atoms in total. The zero-order valence-corrected chi connectivity index (χ0v) is 5.76. The molecule has 0 fully saturated rings. The summed E-state index contributed by atoms with van der Waals surface area (Å²) in [4.78, 5) is 7.12. The van der Waals surface area contributed by atoms with Gasteiger partial charge in [0.2, 0.25) is 5.28 Å². The van der Waals surface area contributed by atoms with Gasteiger partial charge in [0.25, 0.3) is 0 Å². The van der Waals surface area contributed by atoms with Crippen molar-refractivity contribution in [2.45, 2.75) is 0 Å². The van der Waals surface area contributed by atoms with Crippen LogP contribution in [0.2, 0.25) is 5.28 Å². The average Bonchev–Trinajstić information content (AvgIpc) is 1.82. The zero-order chi connectivity index (χ0) is 7.72. The van der Waals surface area contributed by atoms with Gasteiger partial charge in [-0.3, -0.25) is 0 Å². The van der Waals surface area contributed by atoms with E-state index in [1.165, 1.54) is 0 Å². The Labute approximate surface area is 62.2 Å². The fraction of sp³-hybridized carbons (Fsp3) is 0. The first-order chi connectivity index (χ1) is 4.61. The van der Waals surface area contributed by atoms with E-state index in [1.54, 1.807) is 0 Å². The van der Waals surface area contributed by atoms with Gasteiger partial charge >= 0.3 is 0 Å². The first-order valence-corrected chi connectivity index (χ1v) is 2.83. The SMILES string of the molecule is Nc1nc(Cl)nc(N)c1N. The predicted molar refractivity (Wildman–Crippen MR) is 40.3 cm³/mol.